The van der Waals surface area contributed by atoms with Crippen LogP contribution >= 0.6 is 0 Å². The molecule has 0 heterocycles. The first-order chi connectivity index (χ1) is 21.4. The molecule has 0 N–H and O–H groups in total. The van der Waals surface area contributed by atoms with Crippen molar-refractivity contribution in [3.63, 3.8) is 0 Å². The SMILES string of the molecule is CCC[C@@](C)(COCCS(=O)(=O)[C@@](C)(CCC)COS(=O)(=O)OC)S(=O)(=O)CCOC[C@](C)(CCC)S(=O)(=O)CCOS(=O)(=O)OC. The van der Waals surface area contributed by atoms with E-state index in [0.717, 1.165) is 14.2 Å². The van der Waals surface area contributed by atoms with Crippen LogP contribution in [-0.4, -0.2) is 127 Å². The van der Waals surface area contributed by atoms with Crippen LogP contribution in [0.15, 0.2) is 0 Å². The molecule has 0 unspecified atom stereocenters. The Labute approximate surface area is 283 Å². The molecule has 0 rings (SSSR count). The molecule has 0 spiro atoms. The van der Waals surface area contributed by atoms with Crippen molar-refractivity contribution < 1.29 is 68.3 Å². The van der Waals surface area contributed by atoms with Gasteiger partial charge in [-0.1, -0.05) is 40.0 Å². The molecule has 21 heteroatoms. The monoisotopic (exact) mass is 782 g/mol. The van der Waals surface area contributed by atoms with Crippen LogP contribution in [0.4, 0.5) is 0 Å². The topological polar surface area (TPSA) is 226 Å². The largest absolute Gasteiger partial charge is 0.399 e. The highest BCUT2D eigenvalue weighted by Gasteiger charge is 2.42. The van der Waals surface area contributed by atoms with E-state index in [0.29, 0.717) is 19.3 Å². The van der Waals surface area contributed by atoms with Crippen LogP contribution in [0.3, 0.4) is 0 Å². The van der Waals surface area contributed by atoms with Crippen LogP contribution in [0.5, 0.6) is 0 Å². The minimum Gasteiger partial charge on any atom is -0.379 e. The summed E-state index contributed by atoms with van der Waals surface area (Å²) < 4.78 is 150. The maximum absolute atomic E-state index is 13.4. The van der Waals surface area contributed by atoms with Gasteiger partial charge in [-0.25, -0.2) is 33.6 Å². The molecule has 3 atom stereocenters. The van der Waals surface area contributed by atoms with Crippen molar-refractivity contribution in [1.82, 2.24) is 0 Å². The molecular weight excluding hydrogens is 729 g/mol. The van der Waals surface area contributed by atoms with Gasteiger partial charge in [-0.05, 0) is 40.0 Å². The third-order valence-electron chi connectivity index (χ3n) is 7.89. The Bertz CT molecular complexity index is 1490. The molecular formula is C26H54O16S5. The smallest absolute Gasteiger partial charge is 0.379 e. The van der Waals surface area contributed by atoms with Crippen molar-refractivity contribution in [2.24, 2.45) is 0 Å². The normalized spacial score (nSPS) is 17.5. The summed E-state index contributed by atoms with van der Waals surface area (Å²) in [5.41, 5.74) is 0. The molecule has 0 aromatic heterocycles. The van der Waals surface area contributed by atoms with E-state index < -0.39 is 95.0 Å². The van der Waals surface area contributed by atoms with Gasteiger partial charge in [0.2, 0.25) is 0 Å². The number of hydrogen-bond donors (Lipinski definition) is 0. The molecule has 47 heavy (non-hydrogen) atoms. The van der Waals surface area contributed by atoms with E-state index in [2.05, 4.69) is 12.5 Å². The predicted molar refractivity (Wildman–Crippen MR) is 177 cm³/mol. The molecule has 16 nitrogen and oxygen atoms in total. The van der Waals surface area contributed by atoms with Crippen molar-refractivity contribution in [2.75, 3.05) is 71.1 Å². The zero-order valence-corrected chi connectivity index (χ0v) is 32.8. The van der Waals surface area contributed by atoms with Gasteiger partial charge in [-0.3, -0.25) is 8.37 Å². The lowest BCUT2D eigenvalue weighted by molar-refractivity contribution is 0.116. The molecule has 284 valence electrons. The number of ether oxygens (including phenoxy) is 2. The first-order valence-corrected chi connectivity index (χ1v) is 22.7. The van der Waals surface area contributed by atoms with Gasteiger partial charge in [0.1, 0.15) is 0 Å². The van der Waals surface area contributed by atoms with E-state index in [4.69, 9.17) is 13.7 Å². The Hall–Kier alpha value is -0.490. The number of sulfone groups is 3. The van der Waals surface area contributed by atoms with Gasteiger partial charge in [-0.15, -0.1) is 0 Å². The van der Waals surface area contributed by atoms with E-state index in [1.54, 1.807) is 20.8 Å². The summed E-state index contributed by atoms with van der Waals surface area (Å²) in [7, 11) is -18.8. The zero-order valence-electron chi connectivity index (χ0n) is 28.7. The molecule has 0 amide bonds. The molecule has 0 aromatic rings. The highest BCUT2D eigenvalue weighted by Crippen LogP contribution is 2.29. The van der Waals surface area contributed by atoms with Gasteiger partial charge < -0.3 is 9.47 Å². The molecule has 0 saturated heterocycles. The van der Waals surface area contributed by atoms with Crippen LogP contribution in [0.25, 0.3) is 0 Å². The standard InChI is InChI=1S/C26H54O16S5/c1-9-12-24(4,21-40-16-19-44(29,30)26(6,14-11-3)23-42-47(35,36)38-8)43(27,28)18-15-39-22-25(5,13-10-2)45(31,32)20-17-41-46(33,34)37-7/h9-23H2,1-8H3/t24-,25-,26-/m0/s1. The zero-order chi connectivity index (χ0) is 36.8. The lowest BCUT2D eigenvalue weighted by Gasteiger charge is -2.31. The third-order valence-corrected chi connectivity index (χ3v) is 17.2. The molecule has 0 aromatic carbocycles. The van der Waals surface area contributed by atoms with Gasteiger partial charge in [-0.2, -0.15) is 16.8 Å². The first-order valence-electron chi connectivity index (χ1n) is 15.1. The van der Waals surface area contributed by atoms with Crippen LogP contribution in [0, 0.1) is 0 Å². The molecule has 0 aliphatic carbocycles. The maximum atomic E-state index is 13.4. The van der Waals surface area contributed by atoms with Crippen molar-refractivity contribution in [3.8, 4) is 0 Å². The number of hydrogen-bond acceptors (Lipinski definition) is 16. The minimum absolute atomic E-state index is 0.0958. The minimum atomic E-state index is -4.37. The van der Waals surface area contributed by atoms with Crippen LogP contribution < -0.4 is 0 Å². The second-order valence-corrected chi connectivity index (χ2v) is 22.5. The van der Waals surface area contributed by atoms with Gasteiger partial charge >= 0.3 is 20.8 Å². The highest BCUT2D eigenvalue weighted by atomic mass is 32.3. The second-order valence-electron chi connectivity index (χ2n) is 11.9. The van der Waals surface area contributed by atoms with E-state index in [1.165, 1.54) is 20.8 Å². The quantitative estimate of drug-likeness (QED) is 0.103. The summed E-state index contributed by atoms with van der Waals surface area (Å²) >= 11 is 0. The lowest BCUT2D eigenvalue weighted by atomic mass is 10.1. The molecule has 0 aliphatic rings. The summed E-state index contributed by atoms with van der Waals surface area (Å²) in [6, 6.07) is 0. The van der Waals surface area contributed by atoms with E-state index in [9.17, 15) is 42.1 Å². The van der Waals surface area contributed by atoms with E-state index >= 15 is 0 Å². The average molecular weight is 783 g/mol. The molecule has 0 bridgehead atoms. The van der Waals surface area contributed by atoms with Gasteiger partial charge in [0.15, 0.2) is 29.5 Å². The fourth-order valence-electron chi connectivity index (χ4n) is 4.73. The van der Waals surface area contributed by atoms with Crippen molar-refractivity contribution in [1.29, 1.82) is 0 Å². The summed E-state index contributed by atoms with van der Waals surface area (Å²) in [5.74, 6) is -1.62. The van der Waals surface area contributed by atoms with Crippen LogP contribution in [0.1, 0.15) is 80.1 Å². The molecule has 0 fully saturated rings. The van der Waals surface area contributed by atoms with Crippen LogP contribution in [0.2, 0.25) is 0 Å². The van der Waals surface area contributed by atoms with E-state index in [1.807, 2.05) is 0 Å². The van der Waals surface area contributed by atoms with Gasteiger partial charge in [0.05, 0.1) is 85.4 Å². The third kappa shape index (κ3) is 14.3. The molecule has 0 radical (unpaired) electrons. The van der Waals surface area contributed by atoms with Gasteiger partial charge in [0.25, 0.3) is 0 Å². The molecule has 0 aliphatic heterocycles. The van der Waals surface area contributed by atoms with Gasteiger partial charge in [0, 0.05) is 0 Å². The Morgan fingerprint density at radius 1 is 0.447 bits per heavy atom. The van der Waals surface area contributed by atoms with Crippen LogP contribution in [-0.2, 0) is 76.5 Å². The van der Waals surface area contributed by atoms with E-state index in [-0.39, 0.29) is 45.7 Å². The Morgan fingerprint density at radius 2 is 0.745 bits per heavy atom. The fraction of sp³-hybridized carbons (Fsp3) is 1.00. The second kappa shape index (κ2) is 19.2. The summed E-state index contributed by atoms with van der Waals surface area (Å²) in [4.78, 5) is 0. The highest BCUT2D eigenvalue weighted by molar-refractivity contribution is 7.93. The van der Waals surface area contributed by atoms with Crippen molar-refractivity contribution >= 4 is 50.3 Å². The Balaban J connectivity index is 5.46. The summed E-state index contributed by atoms with van der Waals surface area (Å²) in [5, 5.41) is 0. The summed E-state index contributed by atoms with van der Waals surface area (Å²) in [6.07, 6.45) is 1.77. The van der Waals surface area contributed by atoms with Crippen molar-refractivity contribution in [3.05, 3.63) is 0 Å². The maximum Gasteiger partial charge on any atom is 0.399 e. The Kier molecular flexibility index (Phi) is 19.0. The average Bonchev–Trinajstić information content (AvgIpc) is 2.96. The molecule has 0 saturated carbocycles. The van der Waals surface area contributed by atoms with Crippen molar-refractivity contribution in [2.45, 2.75) is 94.3 Å². The fourth-order valence-corrected chi connectivity index (χ4v) is 10.6. The Morgan fingerprint density at radius 3 is 1.06 bits per heavy atom. The predicted octanol–water partition coefficient (Wildman–Crippen LogP) is 1.76. The summed E-state index contributed by atoms with van der Waals surface area (Å²) in [6.45, 7) is 6.85. The first kappa shape index (κ1) is 46.5. The lowest BCUT2D eigenvalue weighted by Crippen LogP contribution is -2.45. The number of rotatable bonds is 28.